The van der Waals surface area contributed by atoms with Gasteiger partial charge in [0.2, 0.25) is 0 Å². The number of carbonyl (C=O) groups excluding carboxylic acids is 1. The zero-order valence-corrected chi connectivity index (χ0v) is 10.4. The highest BCUT2D eigenvalue weighted by atomic mass is 32.1. The molecule has 0 aliphatic carbocycles. The van der Waals surface area contributed by atoms with E-state index in [-0.39, 0.29) is 5.91 Å². The normalized spacial score (nSPS) is 10.6. The Balaban J connectivity index is 2.62. The van der Waals surface area contributed by atoms with Gasteiger partial charge in [-0.1, -0.05) is 31.5 Å². The summed E-state index contributed by atoms with van der Waals surface area (Å²) in [5.74, 6) is 0.0321. The fourth-order valence-corrected chi connectivity index (χ4v) is 3.09. The number of fused-ring (bicyclic) bond motifs is 1. The summed E-state index contributed by atoms with van der Waals surface area (Å²) in [6, 6.07) is 8.22. The standard InChI is InChI=1S/C13H15NOS/c1-3-6-10-9-7-4-5-8-11(9)16-12(10)13(15)14-2/h4-5,7-8H,3,6H2,1-2H3,(H,14,15). The van der Waals surface area contributed by atoms with E-state index in [0.29, 0.717) is 0 Å². The maximum atomic E-state index is 11.8. The molecule has 0 bridgehead atoms. The van der Waals surface area contributed by atoms with Crippen LogP contribution in [0.1, 0.15) is 28.6 Å². The summed E-state index contributed by atoms with van der Waals surface area (Å²) in [6.07, 6.45) is 2.03. The van der Waals surface area contributed by atoms with Crippen LogP contribution in [0.15, 0.2) is 24.3 Å². The molecule has 0 aliphatic rings. The van der Waals surface area contributed by atoms with Gasteiger partial charge < -0.3 is 5.32 Å². The highest BCUT2D eigenvalue weighted by Crippen LogP contribution is 2.32. The third kappa shape index (κ3) is 1.83. The van der Waals surface area contributed by atoms with E-state index in [0.717, 1.165) is 17.7 Å². The van der Waals surface area contributed by atoms with Gasteiger partial charge in [-0.3, -0.25) is 4.79 Å². The first-order valence-electron chi connectivity index (χ1n) is 5.50. The molecule has 0 saturated carbocycles. The van der Waals surface area contributed by atoms with E-state index in [2.05, 4.69) is 24.4 Å². The molecule has 16 heavy (non-hydrogen) atoms. The molecule has 1 heterocycles. The number of amides is 1. The van der Waals surface area contributed by atoms with Gasteiger partial charge in [0.05, 0.1) is 4.88 Å². The molecule has 1 N–H and O–H groups in total. The van der Waals surface area contributed by atoms with Gasteiger partial charge >= 0.3 is 0 Å². The SMILES string of the molecule is CCCc1c(C(=O)NC)sc2ccccc12. The summed E-state index contributed by atoms with van der Waals surface area (Å²) in [7, 11) is 1.68. The number of rotatable bonds is 3. The number of hydrogen-bond donors (Lipinski definition) is 1. The Morgan fingerprint density at radius 3 is 2.81 bits per heavy atom. The maximum Gasteiger partial charge on any atom is 0.261 e. The Bertz CT molecular complexity index is 516. The van der Waals surface area contributed by atoms with Crippen molar-refractivity contribution in [2.75, 3.05) is 7.05 Å². The lowest BCUT2D eigenvalue weighted by Crippen LogP contribution is -2.17. The van der Waals surface area contributed by atoms with Gasteiger partial charge in [0, 0.05) is 11.7 Å². The van der Waals surface area contributed by atoms with Crippen molar-refractivity contribution in [1.82, 2.24) is 5.32 Å². The Kier molecular flexibility index (Phi) is 3.25. The van der Waals surface area contributed by atoms with Crippen LogP contribution >= 0.6 is 11.3 Å². The van der Waals surface area contributed by atoms with Crippen LogP contribution in [0.4, 0.5) is 0 Å². The second-order valence-corrected chi connectivity index (χ2v) is 4.79. The van der Waals surface area contributed by atoms with Crippen molar-refractivity contribution < 1.29 is 4.79 Å². The van der Waals surface area contributed by atoms with Gasteiger partial charge in [-0.2, -0.15) is 0 Å². The van der Waals surface area contributed by atoms with Gasteiger partial charge in [-0.25, -0.2) is 0 Å². The fourth-order valence-electron chi connectivity index (χ4n) is 1.89. The molecule has 84 valence electrons. The minimum atomic E-state index is 0.0321. The van der Waals surface area contributed by atoms with Crippen molar-refractivity contribution in [1.29, 1.82) is 0 Å². The lowest BCUT2D eigenvalue weighted by molar-refractivity contribution is 0.0966. The Hall–Kier alpha value is -1.35. The van der Waals surface area contributed by atoms with Crippen LogP contribution in [0, 0.1) is 0 Å². The molecule has 0 fully saturated rings. The zero-order chi connectivity index (χ0) is 11.5. The monoisotopic (exact) mass is 233 g/mol. The number of benzene rings is 1. The van der Waals surface area contributed by atoms with E-state index >= 15 is 0 Å². The van der Waals surface area contributed by atoms with Crippen LogP contribution in [-0.2, 0) is 6.42 Å². The molecule has 0 radical (unpaired) electrons. The number of thiophene rings is 1. The van der Waals surface area contributed by atoms with Crippen LogP contribution in [-0.4, -0.2) is 13.0 Å². The molecule has 1 amide bonds. The van der Waals surface area contributed by atoms with Gasteiger partial charge in [0.25, 0.3) is 5.91 Å². The fraction of sp³-hybridized carbons (Fsp3) is 0.308. The number of carbonyl (C=O) groups is 1. The molecule has 0 atom stereocenters. The molecule has 0 aliphatic heterocycles. The van der Waals surface area contributed by atoms with E-state index in [1.807, 2.05) is 12.1 Å². The van der Waals surface area contributed by atoms with Crippen molar-refractivity contribution in [3.8, 4) is 0 Å². The minimum Gasteiger partial charge on any atom is -0.354 e. The van der Waals surface area contributed by atoms with Gasteiger partial charge in [0.1, 0.15) is 0 Å². The average molecular weight is 233 g/mol. The first kappa shape index (κ1) is 11.1. The first-order chi connectivity index (χ1) is 7.77. The average Bonchev–Trinajstić information content (AvgIpc) is 2.68. The maximum absolute atomic E-state index is 11.8. The largest absolute Gasteiger partial charge is 0.354 e. The van der Waals surface area contributed by atoms with Crippen LogP contribution in [0.3, 0.4) is 0 Å². The summed E-state index contributed by atoms with van der Waals surface area (Å²) >= 11 is 1.58. The Morgan fingerprint density at radius 1 is 1.38 bits per heavy atom. The first-order valence-corrected chi connectivity index (χ1v) is 6.32. The second kappa shape index (κ2) is 4.66. The van der Waals surface area contributed by atoms with Crippen molar-refractivity contribution in [2.24, 2.45) is 0 Å². The molecule has 0 unspecified atom stereocenters. The molecule has 0 saturated heterocycles. The lowest BCUT2D eigenvalue weighted by atomic mass is 10.1. The van der Waals surface area contributed by atoms with E-state index < -0.39 is 0 Å². The predicted molar refractivity (Wildman–Crippen MR) is 69.2 cm³/mol. The Labute approximate surface area is 99.3 Å². The van der Waals surface area contributed by atoms with Crippen molar-refractivity contribution in [3.63, 3.8) is 0 Å². The zero-order valence-electron chi connectivity index (χ0n) is 9.54. The van der Waals surface area contributed by atoms with E-state index in [9.17, 15) is 4.79 Å². The number of nitrogens with one attached hydrogen (secondary N) is 1. The minimum absolute atomic E-state index is 0.0321. The second-order valence-electron chi connectivity index (χ2n) is 3.74. The smallest absolute Gasteiger partial charge is 0.261 e. The van der Waals surface area contributed by atoms with Crippen molar-refractivity contribution >= 4 is 27.3 Å². The van der Waals surface area contributed by atoms with Crippen LogP contribution < -0.4 is 5.32 Å². The van der Waals surface area contributed by atoms with Crippen LogP contribution in [0.5, 0.6) is 0 Å². The highest BCUT2D eigenvalue weighted by molar-refractivity contribution is 7.21. The number of aryl methyl sites for hydroxylation is 1. The quantitative estimate of drug-likeness (QED) is 0.866. The molecular formula is C13H15NOS. The van der Waals surface area contributed by atoms with E-state index in [1.54, 1.807) is 18.4 Å². The van der Waals surface area contributed by atoms with Crippen LogP contribution in [0.25, 0.3) is 10.1 Å². The molecule has 0 spiro atoms. The predicted octanol–water partition coefficient (Wildman–Crippen LogP) is 3.21. The summed E-state index contributed by atoms with van der Waals surface area (Å²) in [4.78, 5) is 12.6. The molecular weight excluding hydrogens is 218 g/mol. The molecule has 1 aromatic carbocycles. The number of hydrogen-bond acceptors (Lipinski definition) is 2. The third-order valence-corrected chi connectivity index (χ3v) is 3.84. The van der Waals surface area contributed by atoms with Gasteiger partial charge in [-0.05, 0) is 23.4 Å². The van der Waals surface area contributed by atoms with Gasteiger partial charge in [0.15, 0.2) is 0 Å². The van der Waals surface area contributed by atoms with E-state index in [4.69, 9.17) is 0 Å². The molecule has 3 heteroatoms. The highest BCUT2D eigenvalue weighted by Gasteiger charge is 2.15. The summed E-state index contributed by atoms with van der Waals surface area (Å²) in [5.41, 5.74) is 1.20. The molecule has 1 aromatic heterocycles. The Morgan fingerprint density at radius 2 is 2.12 bits per heavy atom. The van der Waals surface area contributed by atoms with Crippen molar-refractivity contribution in [3.05, 3.63) is 34.7 Å². The molecule has 2 nitrogen and oxygen atoms in total. The molecule has 2 aromatic rings. The summed E-state index contributed by atoms with van der Waals surface area (Å²) < 4.78 is 1.20. The molecule has 2 rings (SSSR count). The topological polar surface area (TPSA) is 29.1 Å². The van der Waals surface area contributed by atoms with Crippen molar-refractivity contribution in [2.45, 2.75) is 19.8 Å². The van der Waals surface area contributed by atoms with Gasteiger partial charge in [-0.15, -0.1) is 11.3 Å². The summed E-state index contributed by atoms with van der Waals surface area (Å²) in [6.45, 7) is 2.14. The summed E-state index contributed by atoms with van der Waals surface area (Å²) in [5, 5.41) is 3.94. The third-order valence-electron chi connectivity index (χ3n) is 2.63. The lowest BCUT2D eigenvalue weighted by Gasteiger charge is -2.01. The van der Waals surface area contributed by atoms with E-state index in [1.165, 1.54) is 15.6 Å². The van der Waals surface area contributed by atoms with Crippen LogP contribution in [0.2, 0.25) is 0 Å².